The van der Waals surface area contributed by atoms with Crippen LogP contribution in [0.4, 0.5) is 0 Å². The topological polar surface area (TPSA) is 76.7 Å². The Labute approximate surface area is 155 Å². The fraction of sp³-hybridized carbons (Fsp3) is 0.600. The van der Waals surface area contributed by atoms with E-state index in [1.165, 1.54) is 32.1 Å². The van der Waals surface area contributed by atoms with Crippen LogP contribution in [0.3, 0.4) is 0 Å². The molecule has 1 saturated carbocycles. The molecule has 0 heterocycles. The summed E-state index contributed by atoms with van der Waals surface area (Å²) in [5.74, 6) is 1.66. The first kappa shape index (κ1) is 20.1. The van der Waals surface area contributed by atoms with Crippen molar-refractivity contribution in [2.75, 3.05) is 26.8 Å². The van der Waals surface area contributed by atoms with Gasteiger partial charge in [-0.05, 0) is 24.5 Å². The average Bonchev–Trinajstić information content (AvgIpc) is 2.69. The molecule has 2 N–H and O–H groups in total. The molecule has 0 radical (unpaired) electrons. The van der Waals surface area contributed by atoms with Gasteiger partial charge in [-0.15, -0.1) is 0 Å². The highest BCUT2D eigenvalue weighted by Gasteiger charge is 2.14. The number of hydrogen-bond donors (Lipinski definition) is 2. The lowest BCUT2D eigenvalue weighted by molar-refractivity contribution is -0.124. The van der Waals surface area contributed by atoms with Crippen LogP contribution >= 0.6 is 0 Å². The van der Waals surface area contributed by atoms with Crippen molar-refractivity contribution in [2.45, 2.75) is 44.9 Å². The zero-order valence-corrected chi connectivity index (χ0v) is 15.6. The van der Waals surface area contributed by atoms with Gasteiger partial charge in [0.15, 0.2) is 18.1 Å². The summed E-state index contributed by atoms with van der Waals surface area (Å²) in [6.07, 6.45) is 8.01. The van der Waals surface area contributed by atoms with E-state index in [1.54, 1.807) is 19.2 Å². The van der Waals surface area contributed by atoms with Crippen molar-refractivity contribution in [3.63, 3.8) is 0 Å². The van der Waals surface area contributed by atoms with Crippen LogP contribution in [0.25, 0.3) is 0 Å². The van der Waals surface area contributed by atoms with Crippen molar-refractivity contribution in [3.8, 4) is 11.5 Å². The lowest BCUT2D eigenvalue weighted by Gasteiger charge is -2.20. The molecule has 144 valence electrons. The molecule has 1 aliphatic carbocycles. The summed E-state index contributed by atoms with van der Waals surface area (Å²) >= 11 is 0. The van der Waals surface area contributed by atoms with Crippen molar-refractivity contribution in [1.29, 1.82) is 0 Å². The summed E-state index contributed by atoms with van der Waals surface area (Å²) in [4.78, 5) is 23.7. The third-order valence-corrected chi connectivity index (χ3v) is 4.70. The Hall–Kier alpha value is -2.24. The van der Waals surface area contributed by atoms with Gasteiger partial charge >= 0.3 is 0 Å². The van der Waals surface area contributed by atoms with Crippen LogP contribution in [0.15, 0.2) is 24.3 Å². The van der Waals surface area contributed by atoms with E-state index in [0.29, 0.717) is 36.9 Å². The standard InChI is InChI=1S/C20H30N2O4/c1-25-17-9-5-6-10-18(17)26-15-20(24)22-14-13-21-19(23)12-11-16-7-3-2-4-8-16/h5-6,9-10,16H,2-4,7-8,11-15H2,1H3,(H,21,23)(H,22,24). The second-order valence-electron chi connectivity index (χ2n) is 6.68. The molecule has 0 aliphatic heterocycles. The Kier molecular flexibility index (Phi) is 8.79. The van der Waals surface area contributed by atoms with E-state index in [2.05, 4.69) is 10.6 Å². The Morgan fingerprint density at radius 1 is 1.00 bits per heavy atom. The number of benzene rings is 1. The van der Waals surface area contributed by atoms with Crippen LogP contribution in [0.5, 0.6) is 11.5 Å². The predicted molar refractivity (Wildman–Crippen MR) is 100 cm³/mol. The second kappa shape index (κ2) is 11.4. The quantitative estimate of drug-likeness (QED) is 0.628. The molecular formula is C20H30N2O4. The van der Waals surface area contributed by atoms with Crippen molar-refractivity contribution < 1.29 is 19.1 Å². The van der Waals surface area contributed by atoms with E-state index < -0.39 is 0 Å². The van der Waals surface area contributed by atoms with Gasteiger partial charge in [-0.2, -0.15) is 0 Å². The van der Waals surface area contributed by atoms with E-state index >= 15 is 0 Å². The number of methoxy groups -OCH3 is 1. The maximum atomic E-state index is 11.8. The molecule has 1 aliphatic rings. The molecule has 1 fully saturated rings. The van der Waals surface area contributed by atoms with Crippen LogP contribution < -0.4 is 20.1 Å². The van der Waals surface area contributed by atoms with Crippen molar-refractivity contribution in [1.82, 2.24) is 10.6 Å². The maximum absolute atomic E-state index is 11.8. The Morgan fingerprint density at radius 2 is 1.65 bits per heavy atom. The highest BCUT2D eigenvalue weighted by Crippen LogP contribution is 2.27. The molecule has 0 aromatic heterocycles. The monoisotopic (exact) mass is 362 g/mol. The molecule has 2 amide bonds. The molecule has 1 aromatic carbocycles. The number of para-hydroxylation sites is 2. The number of ether oxygens (including phenoxy) is 2. The second-order valence-corrected chi connectivity index (χ2v) is 6.68. The maximum Gasteiger partial charge on any atom is 0.258 e. The molecule has 1 aromatic rings. The van der Waals surface area contributed by atoms with Gasteiger partial charge in [-0.3, -0.25) is 9.59 Å². The molecular weight excluding hydrogens is 332 g/mol. The summed E-state index contributed by atoms with van der Waals surface area (Å²) in [5, 5.41) is 5.59. The summed E-state index contributed by atoms with van der Waals surface area (Å²) in [7, 11) is 1.55. The van der Waals surface area contributed by atoms with Crippen LogP contribution in [0, 0.1) is 5.92 Å². The SMILES string of the molecule is COc1ccccc1OCC(=O)NCCNC(=O)CCC1CCCCC1. The average molecular weight is 362 g/mol. The number of carbonyl (C=O) groups is 2. The molecule has 26 heavy (non-hydrogen) atoms. The van der Waals surface area contributed by atoms with E-state index in [1.807, 2.05) is 12.1 Å². The first-order valence-electron chi connectivity index (χ1n) is 9.48. The van der Waals surface area contributed by atoms with Gasteiger partial charge in [0, 0.05) is 19.5 Å². The largest absolute Gasteiger partial charge is 0.493 e. The minimum Gasteiger partial charge on any atom is -0.493 e. The Bertz CT molecular complexity index is 571. The zero-order chi connectivity index (χ0) is 18.6. The van der Waals surface area contributed by atoms with Crippen molar-refractivity contribution in [2.24, 2.45) is 5.92 Å². The van der Waals surface area contributed by atoms with E-state index in [-0.39, 0.29) is 18.4 Å². The first-order chi connectivity index (χ1) is 12.7. The normalized spacial score (nSPS) is 14.5. The first-order valence-corrected chi connectivity index (χ1v) is 9.48. The fourth-order valence-corrected chi connectivity index (χ4v) is 3.24. The van der Waals surface area contributed by atoms with E-state index in [9.17, 15) is 9.59 Å². The molecule has 0 spiro atoms. The third-order valence-electron chi connectivity index (χ3n) is 4.70. The predicted octanol–water partition coefficient (Wildman–Crippen LogP) is 2.67. The number of hydrogen-bond acceptors (Lipinski definition) is 4. The van der Waals surface area contributed by atoms with Gasteiger partial charge in [0.2, 0.25) is 5.91 Å². The summed E-state index contributed by atoms with van der Waals surface area (Å²) in [6.45, 7) is 0.739. The lowest BCUT2D eigenvalue weighted by Crippen LogP contribution is -2.36. The van der Waals surface area contributed by atoms with Crippen molar-refractivity contribution in [3.05, 3.63) is 24.3 Å². The van der Waals surface area contributed by atoms with E-state index in [4.69, 9.17) is 9.47 Å². The molecule has 0 saturated heterocycles. The van der Waals surface area contributed by atoms with Crippen LogP contribution in [-0.2, 0) is 9.59 Å². The minimum absolute atomic E-state index is 0.0649. The van der Waals surface area contributed by atoms with Gasteiger partial charge in [0.25, 0.3) is 5.91 Å². The van der Waals surface area contributed by atoms with Gasteiger partial charge < -0.3 is 20.1 Å². The number of rotatable bonds is 10. The van der Waals surface area contributed by atoms with Gasteiger partial charge in [0.1, 0.15) is 0 Å². The molecule has 6 heteroatoms. The molecule has 2 rings (SSSR count). The van der Waals surface area contributed by atoms with Gasteiger partial charge in [0.05, 0.1) is 7.11 Å². The van der Waals surface area contributed by atoms with Gasteiger partial charge in [-0.1, -0.05) is 44.2 Å². The molecule has 0 bridgehead atoms. The number of carbonyl (C=O) groups excluding carboxylic acids is 2. The van der Waals surface area contributed by atoms with E-state index in [0.717, 1.165) is 6.42 Å². The summed E-state index contributed by atoms with van der Waals surface area (Å²) in [6, 6.07) is 7.18. The lowest BCUT2D eigenvalue weighted by atomic mass is 9.86. The van der Waals surface area contributed by atoms with Crippen LogP contribution in [-0.4, -0.2) is 38.6 Å². The minimum atomic E-state index is -0.229. The smallest absolute Gasteiger partial charge is 0.258 e. The summed E-state index contributed by atoms with van der Waals surface area (Å²) < 4.78 is 10.6. The third kappa shape index (κ3) is 7.33. The van der Waals surface area contributed by atoms with Crippen molar-refractivity contribution >= 4 is 11.8 Å². The number of nitrogens with one attached hydrogen (secondary N) is 2. The Morgan fingerprint density at radius 3 is 2.35 bits per heavy atom. The van der Waals surface area contributed by atoms with Crippen LogP contribution in [0.1, 0.15) is 44.9 Å². The molecule has 0 unspecified atom stereocenters. The Balaban J connectivity index is 1.53. The molecule has 6 nitrogen and oxygen atoms in total. The fourth-order valence-electron chi connectivity index (χ4n) is 3.24. The highest BCUT2D eigenvalue weighted by molar-refractivity contribution is 5.78. The highest BCUT2D eigenvalue weighted by atomic mass is 16.5. The number of amides is 2. The zero-order valence-electron chi connectivity index (χ0n) is 15.6. The van der Waals surface area contributed by atoms with Crippen LogP contribution in [0.2, 0.25) is 0 Å². The molecule has 0 atom stereocenters. The summed E-state index contributed by atoms with van der Waals surface area (Å²) in [5.41, 5.74) is 0. The van der Waals surface area contributed by atoms with Gasteiger partial charge in [-0.25, -0.2) is 0 Å².